The average molecular weight is 150 g/mol. The molecule has 0 N–H and O–H groups in total. The van der Waals surface area contributed by atoms with Crippen molar-refractivity contribution in [1.29, 1.82) is 0 Å². The molecular weight excluding hydrogens is 132 g/mol. The summed E-state index contributed by atoms with van der Waals surface area (Å²) in [7, 11) is 0. The molecule has 0 aliphatic rings. The van der Waals surface area contributed by atoms with Gasteiger partial charge in [-0.15, -0.1) is 0 Å². The van der Waals surface area contributed by atoms with E-state index in [1.54, 1.807) is 0 Å². The van der Waals surface area contributed by atoms with Gasteiger partial charge in [-0.3, -0.25) is 0 Å². The molecule has 0 unspecified atom stereocenters. The lowest BCUT2D eigenvalue weighted by molar-refractivity contribution is 0.642. The Bertz CT molecular complexity index is 221. The van der Waals surface area contributed by atoms with Crippen LogP contribution in [0, 0.1) is 0 Å². The van der Waals surface area contributed by atoms with Crippen LogP contribution in [0.1, 0.15) is 39.5 Å². The Morgan fingerprint density at radius 3 is 2.27 bits per heavy atom. The molecule has 0 atom stereocenters. The van der Waals surface area contributed by atoms with Gasteiger partial charge in [0.15, 0.2) is 0 Å². The number of benzene rings is 1. The first-order chi connectivity index (χ1) is 5.77. The maximum absolute atomic E-state index is 7.35. The molecule has 1 aromatic carbocycles. The van der Waals surface area contributed by atoms with Crippen LogP contribution in [-0.4, -0.2) is 0 Å². The average Bonchev–Trinajstić information content (AvgIpc) is 2.10. The molecule has 0 saturated heterocycles. The fraction of sp³-hybridized carbons (Fsp3) is 0.455. The highest BCUT2D eigenvalue weighted by Crippen LogP contribution is 2.21. The fourth-order valence-corrected chi connectivity index (χ4v) is 1.43. The van der Waals surface area contributed by atoms with Gasteiger partial charge < -0.3 is 0 Å². The van der Waals surface area contributed by atoms with E-state index in [2.05, 4.69) is 26.0 Å². The van der Waals surface area contributed by atoms with Gasteiger partial charge in [0.05, 0.1) is 1.37 Å². The molecular formula is C11H16. The third-order valence-corrected chi connectivity index (χ3v) is 2.20. The molecule has 1 rings (SSSR count). The lowest BCUT2D eigenvalue weighted by Gasteiger charge is -2.11. The molecule has 11 heavy (non-hydrogen) atoms. The van der Waals surface area contributed by atoms with Gasteiger partial charge >= 0.3 is 0 Å². The minimum atomic E-state index is 0.602. The van der Waals surface area contributed by atoms with E-state index < -0.39 is 0 Å². The maximum Gasteiger partial charge on any atom is 0.0623 e. The molecule has 0 aliphatic carbocycles. The number of rotatable bonds is 3. The molecule has 0 fully saturated rings. The predicted octanol–water partition coefficient (Wildman–Crippen LogP) is 3.59. The summed E-state index contributed by atoms with van der Waals surface area (Å²) in [6.45, 7) is 4.42. The Hall–Kier alpha value is -0.780. The zero-order chi connectivity index (χ0) is 8.97. The Balaban J connectivity index is 2.80. The molecule has 0 aliphatic heterocycles. The molecule has 0 saturated carbocycles. The van der Waals surface area contributed by atoms with Crippen LogP contribution in [0.2, 0.25) is 0 Å². The highest BCUT2D eigenvalue weighted by Gasteiger charge is 2.03. The predicted molar refractivity (Wildman–Crippen MR) is 49.8 cm³/mol. The second kappa shape index (κ2) is 4.17. The summed E-state index contributed by atoms with van der Waals surface area (Å²) in [5.74, 6) is 0.672. The van der Waals surface area contributed by atoms with Crippen LogP contribution in [-0.2, 0) is 0 Å². The van der Waals surface area contributed by atoms with Crippen LogP contribution < -0.4 is 0 Å². The molecule has 0 radical (unpaired) electrons. The molecule has 0 heteroatoms. The quantitative estimate of drug-likeness (QED) is 0.617. The molecule has 1 aromatic rings. The summed E-state index contributed by atoms with van der Waals surface area (Å²) in [6, 6.07) is 8.48. The largest absolute Gasteiger partial charge is 0.0648 e. The fourth-order valence-electron chi connectivity index (χ4n) is 1.43. The number of hydrogen-bond donors (Lipinski definition) is 0. The van der Waals surface area contributed by atoms with E-state index in [4.69, 9.17) is 1.37 Å². The van der Waals surface area contributed by atoms with Gasteiger partial charge in [-0.1, -0.05) is 44.2 Å². The van der Waals surface area contributed by atoms with Crippen molar-refractivity contribution in [3.63, 3.8) is 0 Å². The van der Waals surface area contributed by atoms with Gasteiger partial charge in [0, 0.05) is 0 Å². The van der Waals surface area contributed by atoms with Crippen LogP contribution in [0.4, 0.5) is 0 Å². The van der Waals surface area contributed by atoms with Crippen LogP contribution in [0.15, 0.2) is 30.3 Å². The van der Waals surface area contributed by atoms with Gasteiger partial charge in [0.1, 0.15) is 0 Å². The van der Waals surface area contributed by atoms with E-state index in [-0.39, 0.29) is 0 Å². The smallest absolute Gasteiger partial charge is 0.0623 e. The summed E-state index contributed by atoms with van der Waals surface area (Å²) >= 11 is 0. The van der Waals surface area contributed by atoms with Crippen LogP contribution in [0.3, 0.4) is 0 Å². The molecule has 0 heterocycles. The van der Waals surface area contributed by atoms with Crippen LogP contribution in [0.25, 0.3) is 0 Å². The second-order valence-corrected chi connectivity index (χ2v) is 2.85. The summed E-state index contributed by atoms with van der Waals surface area (Å²) in [5.41, 5.74) is 1.37. The van der Waals surface area contributed by atoms with Crippen molar-refractivity contribution < 1.29 is 1.37 Å². The first-order valence-corrected chi connectivity index (χ1v) is 4.34. The van der Waals surface area contributed by atoms with Crippen LogP contribution in [0.5, 0.6) is 0 Å². The summed E-state index contributed by atoms with van der Waals surface area (Å²) in [5, 5.41) is 0. The van der Waals surface area contributed by atoms with Crippen molar-refractivity contribution in [2.45, 2.75) is 32.6 Å². The van der Waals surface area contributed by atoms with E-state index in [0.717, 1.165) is 0 Å². The van der Waals surface area contributed by atoms with Crippen molar-refractivity contribution in [2.24, 2.45) is 0 Å². The molecule has 0 nitrogen and oxygen atoms in total. The topological polar surface area (TPSA) is 0 Å². The monoisotopic (exact) mass is 150 g/mol. The van der Waals surface area contributed by atoms with E-state index in [9.17, 15) is 0 Å². The number of hydrogen-bond acceptors (Lipinski definition) is 0. The zero-order valence-electron chi connectivity index (χ0n) is 8.30. The molecule has 0 spiro atoms. The molecule has 0 bridgehead atoms. The third-order valence-electron chi connectivity index (χ3n) is 2.20. The maximum atomic E-state index is 7.35. The van der Waals surface area contributed by atoms with Crippen molar-refractivity contribution in [2.75, 3.05) is 0 Å². The SMILES string of the molecule is [3H]c1ccc(C(CC)CC)cc1. The van der Waals surface area contributed by atoms with Crippen molar-refractivity contribution in [3.05, 3.63) is 35.9 Å². The molecule has 0 aromatic heterocycles. The van der Waals surface area contributed by atoms with E-state index in [0.29, 0.717) is 12.0 Å². The van der Waals surface area contributed by atoms with Crippen LogP contribution >= 0.6 is 0 Å². The van der Waals surface area contributed by atoms with E-state index in [1.165, 1.54) is 18.4 Å². The van der Waals surface area contributed by atoms with Gasteiger partial charge in [-0.05, 0) is 24.3 Å². The lowest BCUT2D eigenvalue weighted by Crippen LogP contribution is -1.93. The lowest BCUT2D eigenvalue weighted by atomic mass is 9.94. The minimum Gasteiger partial charge on any atom is -0.0648 e. The Morgan fingerprint density at radius 2 is 1.82 bits per heavy atom. The van der Waals surface area contributed by atoms with Gasteiger partial charge in [0.25, 0.3) is 0 Å². The van der Waals surface area contributed by atoms with E-state index >= 15 is 0 Å². The van der Waals surface area contributed by atoms with Gasteiger partial charge in [-0.25, -0.2) is 0 Å². The van der Waals surface area contributed by atoms with Gasteiger partial charge in [-0.2, -0.15) is 0 Å². The Morgan fingerprint density at radius 1 is 1.27 bits per heavy atom. The zero-order valence-corrected chi connectivity index (χ0v) is 7.30. The second-order valence-electron chi connectivity index (χ2n) is 2.85. The Labute approximate surface area is 70.7 Å². The first-order valence-electron chi connectivity index (χ1n) is 4.84. The third kappa shape index (κ3) is 2.07. The Kier molecular flexibility index (Phi) is 2.62. The van der Waals surface area contributed by atoms with E-state index in [1.807, 2.05) is 12.1 Å². The van der Waals surface area contributed by atoms with Crippen molar-refractivity contribution >= 4 is 0 Å². The summed E-state index contributed by atoms with van der Waals surface area (Å²) < 4.78 is 7.35. The first kappa shape index (κ1) is 6.90. The highest BCUT2D eigenvalue weighted by molar-refractivity contribution is 5.18. The van der Waals surface area contributed by atoms with Gasteiger partial charge in [0.2, 0.25) is 0 Å². The van der Waals surface area contributed by atoms with Crippen molar-refractivity contribution in [3.8, 4) is 0 Å². The molecule has 0 amide bonds. The summed E-state index contributed by atoms with van der Waals surface area (Å²) in [4.78, 5) is 0. The minimum absolute atomic E-state index is 0.602. The van der Waals surface area contributed by atoms with Crippen molar-refractivity contribution in [1.82, 2.24) is 0 Å². The standard InChI is InChI=1S/C11H16/c1-3-10(4-2)11-8-6-5-7-9-11/h5-10H,3-4H2,1-2H3/i5T. The normalized spacial score (nSPS) is 11.7. The highest BCUT2D eigenvalue weighted by atomic mass is 14.1. The summed E-state index contributed by atoms with van der Waals surface area (Å²) in [6.07, 6.45) is 2.38. The molecule has 60 valence electrons.